The van der Waals surface area contributed by atoms with Crippen LogP contribution < -0.4 is 0 Å². The molecule has 0 radical (unpaired) electrons. The van der Waals surface area contributed by atoms with E-state index in [4.69, 9.17) is 15.3 Å². The fraction of sp³-hybridized carbons (Fsp3) is 0.727. The summed E-state index contributed by atoms with van der Waals surface area (Å²) in [5.41, 5.74) is 0. The molecule has 6 nitrogen and oxygen atoms in total. The van der Waals surface area contributed by atoms with Crippen LogP contribution in [0.1, 0.15) is 154 Å². The van der Waals surface area contributed by atoms with Gasteiger partial charge in [-0.2, -0.15) is 0 Å². The van der Waals surface area contributed by atoms with Gasteiger partial charge in [-0.1, -0.05) is 95.3 Å². The molecule has 0 aliphatic carbocycles. The average molecular weight is 553 g/mol. The third kappa shape index (κ3) is 52.8. The predicted molar refractivity (Wildman–Crippen MR) is 164 cm³/mol. The van der Waals surface area contributed by atoms with E-state index in [9.17, 15) is 14.4 Å². The van der Waals surface area contributed by atoms with E-state index in [0.717, 1.165) is 57.8 Å². The van der Waals surface area contributed by atoms with Gasteiger partial charge in [0.15, 0.2) is 0 Å². The summed E-state index contributed by atoms with van der Waals surface area (Å²) in [7, 11) is 0. The van der Waals surface area contributed by atoms with Crippen LogP contribution in [-0.4, -0.2) is 33.2 Å². The van der Waals surface area contributed by atoms with Crippen molar-refractivity contribution in [2.24, 2.45) is 0 Å². The summed E-state index contributed by atoms with van der Waals surface area (Å²) in [5, 5.41) is 25.1. The molecule has 0 rings (SSSR count). The van der Waals surface area contributed by atoms with Crippen LogP contribution in [0, 0.1) is 0 Å². The second kappa shape index (κ2) is 37.8. The first kappa shape index (κ1) is 41.1. The van der Waals surface area contributed by atoms with Crippen molar-refractivity contribution in [3.63, 3.8) is 0 Å². The normalized spacial score (nSPS) is 9.85. The molecule has 0 aromatic heterocycles. The van der Waals surface area contributed by atoms with Crippen molar-refractivity contribution in [2.75, 3.05) is 0 Å². The number of allylic oxidation sites excluding steroid dienone is 3. The number of hydrogen-bond donors (Lipinski definition) is 3. The molecule has 0 amide bonds. The first-order chi connectivity index (χ1) is 18.8. The lowest BCUT2D eigenvalue weighted by molar-refractivity contribution is -0.138. The highest BCUT2D eigenvalue weighted by Gasteiger charge is 1.97. The Morgan fingerprint density at radius 1 is 0.359 bits per heavy atom. The van der Waals surface area contributed by atoms with Crippen LogP contribution in [0.2, 0.25) is 0 Å². The van der Waals surface area contributed by atoms with Crippen molar-refractivity contribution in [3.05, 3.63) is 38.0 Å². The molecule has 0 atom stereocenters. The van der Waals surface area contributed by atoms with Crippen LogP contribution in [0.5, 0.6) is 0 Å². The minimum absolute atomic E-state index is 0.326. The smallest absolute Gasteiger partial charge is 0.303 e. The molecular weight excluding hydrogens is 492 g/mol. The van der Waals surface area contributed by atoms with E-state index >= 15 is 0 Å². The molecule has 0 aliphatic heterocycles. The van der Waals surface area contributed by atoms with Crippen LogP contribution in [0.3, 0.4) is 0 Å². The van der Waals surface area contributed by atoms with E-state index in [2.05, 4.69) is 19.7 Å². The van der Waals surface area contributed by atoms with Gasteiger partial charge in [0.1, 0.15) is 0 Å². The van der Waals surface area contributed by atoms with Gasteiger partial charge in [-0.25, -0.2) is 0 Å². The summed E-state index contributed by atoms with van der Waals surface area (Å²) in [6.45, 7) is 11.0. The highest BCUT2D eigenvalue weighted by Crippen LogP contribution is 2.10. The maximum Gasteiger partial charge on any atom is 0.303 e. The second-order valence-corrected chi connectivity index (χ2v) is 10.0. The van der Waals surface area contributed by atoms with Gasteiger partial charge < -0.3 is 15.3 Å². The summed E-state index contributed by atoms with van der Waals surface area (Å²) in [4.78, 5) is 30.5. The molecule has 0 unspecified atom stereocenters. The molecule has 0 saturated carbocycles. The lowest BCUT2D eigenvalue weighted by atomic mass is 10.1. The fourth-order valence-electron chi connectivity index (χ4n) is 3.82. The van der Waals surface area contributed by atoms with E-state index < -0.39 is 17.9 Å². The van der Waals surface area contributed by atoms with Gasteiger partial charge in [-0.15, -0.1) is 19.7 Å². The zero-order valence-corrected chi connectivity index (χ0v) is 24.9. The van der Waals surface area contributed by atoms with Gasteiger partial charge in [-0.3, -0.25) is 14.4 Å². The van der Waals surface area contributed by atoms with E-state index in [1.54, 1.807) is 0 Å². The van der Waals surface area contributed by atoms with Crippen molar-refractivity contribution < 1.29 is 29.7 Å². The fourth-order valence-corrected chi connectivity index (χ4v) is 3.82. The number of aliphatic carboxylic acids is 3. The van der Waals surface area contributed by atoms with Gasteiger partial charge >= 0.3 is 17.9 Å². The molecule has 0 aliphatic rings. The number of carboxylic acid groups (broad SMARTS) is 3. The lowest BCUT2D eigenvalue weighted by Gasteiger charge is -1.98. The van der Waals surface area contributed by atoms with E-state index in [0.29, 0.717) is 19.3 Å². The van der Waals surface area contributed by atoms with Gasteiger partial charge in [0.2, 0.25) is 0 Å². The number of unbranched alkanes of at least 4 members (excludes halogenated alkanes) is 18. The Hall–Kier alpha value is -2.37. The zero-order chi connectivity index (χ0) is 29.8. The summed E-state index contributed by atoms with van der Waals surface area (Å²) < 4.78 is 0. The largest absolute Gasteiger partial charge is 0.481 e. The number of carbonyl (C=O) groups is 3. The molecule has 0 bridgehead atoms. The molecule has 0 saturated heterocycles. The van der Waals surface area contributed by atoms with Crippen molar-refractivity contribution in [2.45, 2.75) is 154 Å². The second-order valence-electron chi connectivity index (χ2n) is 10.0. The van der Waals surface area contributed by atoms with Gasteiger partial charge in [0.05, 0.1) is 0 Å². The van der Waals surface area contributed by atoms with E-state index in [1.807, 2.05) is 18.2 Å². The number of carboxylic acids is 3. The van der Waals surface area contributed by atoms with E-state index in [-0.39, 0.29) is 0 Å². The molecular formula is C33H60O6. The number of rotatable bonds is 27. The topological polar surface area (TPSA) is 112 Å². The van der Waals surface area contributed by atoms with Crippen molar-refractivity contribution in [1.29, 1.82) is 0 Å². The van der Waals surface area contributed by atoms with Gasteiger partial charge in [-0.05, 0) is 57.8 Å². The molecule has 3 N–H and O–H groups in total. The summed E-state index contributed by atoms with van der Waals surface area (Å²) in [6, 6.07) is 0. The van der Waals surface area contributed by atoms with Crippen LogP contribution in [0.4, 0.5) is 0 Å². The molecule has 0 spiro atoms. The molecule has 39 heavy (non-hydrogen) atoms. The average Bonchev–Trinajstić information content (AvgIpc) is 2.89. The molecule has 0 fully saturated rings. The molecule has 228 valence electrons. The van der Waals surface area contributed by atoms with Crippen molar-refractivity contribution >= 4 is 17.9 Å². The first-order valence-electron chi connectivity index (χ1n) is 15.3. The molecule has 0 aromatic rings. The number of hydrogen-bond acceptors (Lipinski definition) is 3. The maximum atomic E-state index is 10.2. The zero-order valence-electron chi connectivity index (χ0n) is 24.9. The van der Waals surface area contributed by atoms with Gasteiger partial charge in [0, 0.05) is 19.3 Å². The van der Waals surface area contributed by atoms with Gasteiger partial charge in [0.25, 0.3) is 0 Å². The monoisotopic (exact) mass is 552 g/mol. The van der Waals surface area contributed by atoms with Crippen LogP contribution in [0.25, 0.3) is 0 Å². The summed E-state index contributed by atoms with van der Waals surface area (Å²) >= 11 is 0. The maximum absolute atomic E-state index is 10.2. The Balaban J connectivity index is -0.000000498. The Morgan fingerprint density at radius 2 is 0.538 bits per heavy atom. The lowest BCUT2D eigenvalue weighted by Crippen LogP contribution is -1.93. The SMILES string of the molecule is C=CCCCCCCCCC(=O)O.C=CCCCCCCCCC(=O)O.C=CCCCCCCCCC(=O)O. The van der Waals surface area contributed by atoms with Crippen LogP contribution in [-0.2, 0) is 14.4 Å². The first-order valence-corrected chi connectivity index (χ1v) is 15.3. The Morgan fingerprint density at radius 3 is 0.718 bits per heavy atom. The highest BCUT2D eigenvalue weighted by molar-refractivity contribution is 5.67. The Kier molecular flexibility index (Phi) is 39.8. The highest BCUT2D eigenvalue weighted by atomic mass is 16.4. The van der Waals surface area contributed by atoms with E-state index in [1.165, 1.54) is 77.0 Å². The summed E-state index contributed by atoms with van der Waals surface area (Å²) in [6.07, 6.45) is 30.4. The molecule has 0 heterocycles. The standard InChI is InChI=1S/3C11H20O2/c3*1-2-3-4-5-6-7-8-9-10-11(12)13/h3*2H,1,3-10H2,(H,12,13). The molecule has 0 aromatic carbocycles. The Bertz CT molecular complexity index is 504. The third-order valence-electron chi connectivity index (χ3n) is 6.15. The minimum atomic E-state index is -0.674. The Labute approximate surface area is 239 Å². The third-order valence-corrected chi connectivity index (χ3v) is 6.15. The molecule has 6 heteroatoms. The quantitative estimate of drug-likeness (QED) is 0.0690. The minimum Gasteiger partial charge on any atom is -0.481 e. The summed E-state index contributed by atoms with van der Waals surface area (Å²) in [5.74, 6) is -2.02. The van der Waals surface area contributed by atoms with Crippen molar-refractivity contribution in [3.8, 4) is 0 Å². The van der Waals surface area contributed by atoms with Crippen LogP contribution >= 0.6 is 0 Å². The predicted octanol–water partition coefficient (Wildman–Crippen LogP) is 10.1. The van der Waals surface area contributed by atoms with Crippen LogP contribution in [0.15, 0.2) is 38.0 Å². The van der Waals surface area contributed by atoms with Crippen molar-refractivity contribution in [1.82, 2.24) is 0 Å².